The van der Waals surface area contributed by atoms with Gasteiger partial charge in [-0.05, 0) is 70.3 Å². The van der Waals surface area contributed by atoms with Crippen molar-refractivity contribution in [2.45, 2.75) is 0 Å². The second-order valence-electron chi connectivity index (χ2n) is 3.29. The zero-order valence-electron chi connectivity index (χ0n) is 9.70. The van der Waals surface area contributed by atoms with Gasteiger partial charge in [0.15, 0.2) is 7.58 Å². The van der Waals surface area contributed by atoms with E-state index in [0.717, 1.165) is 7.92 Å². The van der Waals surface area contributed by atoms with E-state index in [1.807, 2.05) is 0 Å². The molecule has 0 aromatic heterocycles. The lowest BCUT2D eigenvalue weighted by atomic mass is 10.3. The summed E-state index contributed by atoms with van der Waals surface area (Å²) in [5.41, 5.74) is 0. The van der Waals surface area contributed by atoms with Crippen LogP contribution in [0.3, 0.4) is 0 Å². The summed E-state index contributed by atoms with van der Waals surface area (Å²) in [4.78, 5) is 0. The summed E-state index contributed by atoms with van der Waals surface area (Å²) < 4.78 is 17.1. The highest BCUT2D eigenvalue weighted by Gasteiger charge is 2.45. The highest BCUT2D eigenvalue weighted by atomic mass is 35.7. The number of ether oxygens (including phenoxy) is 1. The quantitative estimate of drug-likeness (QED) is 0.374. The lowest BCUT2D eigenvalue weighted by Gasteiger charge is -2.36. The van der Waals surface area contributed by atoms with Gasteiger partial charge in [0, 0.05) is 0 Å². The maximum atomic E-state index is 6.35. The van der Waals surface area contributed by atoms with Crippen LogP contribution < -0.4 is 9.26 Å². The minimum absolute atomic E-state index is 0.478. The van der Waals surface area contributed by atoms with E-state index in [-0.39, 0.29) is 0 Å². The summed E-state index contributed by atoms with van der Waals surface area (Å²) in [5, 5.41) is 0. The van der Waals surface area contributed by atoms with Crippen molar-refractivity contribution in [1.29, 1.82) is 0 Å². The molecule has 3 atom stereocenters. The van der Waals surface area contributed by atoms with Crippen LogP contribution in [0.25, 0.3) is 0 Å². The average molecular weight is 435 g/mol. The van der Waals surface area contributed by atoms with Gasteiger partial charge in [-0.25, -0.2) is 0 Å². The van der Waals surface area contributed by atoms with Crippen molar-refractivity contribution in [2.24, 2.45) is 4.52 Å². The Morgan fingerprint density at radius 2 is 1.70 bits per heavy atom. The van der Waals surface area contributed by atoms with E-state index in [4.69, 9.17) is 66.5 Å². The van der Waals surface area contributed by atoms with Crippen molar-refractivity contribution in [1.82, 2.24) is 7.92 Å². The molecule has 0 amide bonds. The highest BCUT2D eigenvalue weighted by molar-refractivity contribution is 8.07. The Bertz CT molecular complexity index is 535. The maximum absolute atomic E-state index is 6.35. The van der Waals surface area contributed by atoms with Crippen LogP contribution in [0.15, 0.2) is 28.8 Å². The molecule has 0 saturated heterocycles. The normalized spacial score (nSPS) is 31.7. The standard InChI is InChI=1S/C7H7Cl5N3O2P3/c1-16-6-2-4-7(5-3-6)17-20(12)13-18(10)14(8)19(11)15(20)9/h2-5H,1H3. The lowest BCUT2D eigenvalue weighted by Crippen LogP contribution is -2.11. The molecule has 0 saturated carbocycles. The van der Waals surface area contributed by atoms with Gasteiger partial charge in [0.05, 0.1) is 7.11 Å². The molecule has 1 aliphatic rings. The molecule has 0 spiro atoms. The summed E-state index contributed by atoms with van der Waals surface area (Å²) in [5.74, 6) is 1.17. The number of methoxy groups -OCH3 is 1. The minimum atomic E-state index is -3.03. The van der Waals surface area contributed by atoms with Gasteiger partial charge >= 0.3 is 6.78 Å². The first kappa shape index (κ1) is 17.6. The topological polar surface area (TPSA) is 37.3 Å². The number of halogens is 5. The maximum Gasteiger partial charge on any atom is 0.322 e. The summed E-state index contributed by atoms with van der Waals surface area (Å²) >= 11 is 30.4. The Balaban J connectivity index is 2.27. The fourth-order valence-corrected chi connectivity index (χ4v) is 12.4. The first-order valence-corrected chi connectivity index (χ1v) is 12.4. The lowest BCUT2D eigenvalue weighted by molar-refractivity contribution is 0.414. The molecule has 1 aromatic carbocycles. The molecule has 20 heavy (non-hydrogen) atoms. The smallest absolute Gasteiger partial charge is 0.322 e. The third-order valence-corrected chi connectivity index (χ3v) is 14.8. The monoisotopic (exact) mass is 433 g/mol. The van der Waals surface area contributed by atoms with Gasteiger partial charge in [-0.3, -0.25) is 0 Å². The third-order valence-electron chi connectivity index (χ3n) is 2.08. The zero-order valence-corrected chi connectivity index (χ0v) is 16.2. The van der Waals surface area contributed by atoms with Crippen molar-refractivity contribution >= 4 is 79.2 Å². The average Bonchev–Trinajstić information content (AvgIpc) is 2.44. The second kappa shape index (κ2) is 7.23. The Labute approximate surface area is 143 Å². The van der Waals surface area contributed by atoms with Crippen molar-refractivity contribution < 1.29 is 9.26 Å². The second-order valence-corrected chi connectivity index (χ2v) is 13.1. The molecular formula is C7H7Cl5N3O2P3. The molecule has 1 aliphatic heterocycles. The number of nitrogens with zero attached hydrogens (tertiary/aromatic N) is 3. The molecule has 0 N–H and O–H groups in total. The van der Waals surface area contributed by atoms with Gasteiger partial charge < -0.3 is 9.26 Å². The molecule has 112 valence electrons. The van der Waals surface area contributed by atoms with Crippen LogP contribution in [0.4, 0.5) is 0 Å². The molecule has 0 fully saturated rings. The molecule has 2 rings (SSSR count). The first-order valence-electron chi connectivity index (χ1n) is 4.87. The van der Waals surface area contributed by atoms with Crippen LogP contribution in [-0.2, 0) is 0 Å². The van der Waals surface area contributed by atoms with Crippen LogP contribution in [0.5, 0.6) is 11.5 Å². The van der Waals surface area contributed by atoms with Gasteiger partial charge in [0.1, 0.15) is 11.5 Å². The Kier molecular flexibility index (Phi) is 6.38. The van der Waals surface area contributed by atoms with Crippen molar-refractivity contribution in [3.63, 3.8) is 0 Å². The van der Waals surface area contributed by atoms with Gasteiger partial charge in [-0.1, -0.05) is 15.2 Å². The van der Waals surface area contributed by atoms with Crippen LogP contribution in [0, 0.1) is 0 Å². The predicted molar refractivity (Wildman–Crippen MR) is 89.8 cm³/mol. The molecule has 1 aromatic rings. The van der Waals surface area contributed by atoms with Gasteiger partial charge in [-0.15, -0.1) is 3.96 Å². The van der Waals surface area contributed by atoms with Crippen molar-refractivity contribution in [3.05, 3.63) is 24.3 Å². The summed E-state index contributed by atoms with van der Waals surface area (Å²) in [7, 11) is -1.62. The molecule has 1 heterocycles. The van der Waals surface area contributed by atoms with E-state index in [2.05, 4.69) is 4.52 Å². The molecule has 0 aliphatic carbocycles. The number of hydrogen-bond donors (Lipinski definition) is 0. The van der Waals surface area contributed by atoms with E-state index in [1.54, 1.807) is 31.4 Å². The summed E-state index contributed by atoms with van der Waals surface area (Å²) in [6, 6.07) is 6.82. The molecule has 0 radical (unpaired) electrons. The third kappa shape index (κ3) is 3.78. The number of benzene rings is 1. The zero-order chi connectivity index (χ0) is 14.9. The number of hydrogen-bond acceptors (Lipinski definition) is 5. The molecule has 0 bridgehead atoms. The Morgan fingerprint density at radius 1 is 1.15 bits per heavy atom. The van der Waals surface area contributed by atoms with Crippen molar-refractivity contribution in [3.8, 4) is 11.5 Å². The highest BCUT2D eigenvalue weighted by Crippen LogP contribution is 2.83. The summed E-state index contributed by atoms with van der Waals surface area (Å²) in [6.07, 6.45) is 0. The fourth-order valence-electron chi connectivity index (χ4n) is 1.19. The number of rotatable bonds is 3. The molecule has 5 nitrogen and oxygen atoms in total. The van der Waals surface area contributed by atoms with E-state index in [0.29, 0.717) is 11.5 Å². The summed E-state index contributed by atoms with van der Waals surface area (Å²) in [6.45, 7) is -3.03. The fraction of sp³-hybridized carbons (Fsp3) is 0.143. The van der Waals surface area contributed by atoms with Gasteiger partial charge in [0.2, 0.25) is 7.58 Å². The largest absolute Gasteiger partial charge is 0.497 e. The Hall–Kier alpha value is 1.28. The minimum Gasteiger partial charge on any atom is -0.497 e. The van der Waals surface area contributed by atoms with Gasteiger partial charge in [-0.2, -0.15) is 4.52 Å². The Morgan fingerprint density at radius 3 is 2.25 bits per heavy atom. The molecule has 3 unspecified atom stereocenters. The van der Waals surface area contributed by atoms with E-state index in [1.165, 1.54) is 0 Å². The van der Waals surface area contributed by atoms with Crippen LogP contribution >= 0.6 is 79.2 Å². The first-order chi connectivity index (χ1) is 9.37. The van der Waals surface area contributed by atoms with Crippen LogP contribution in [0.1, 0.15) is 0 Å². The SMILES string of the molecule is COc1ccc(OP2(Cl)=NP(Cl)N(Cl)P(Cl)N2Cl)cc1. The van der Waals surface area contributed by atoms with E-state index < -0.39 is 21.9 Å². The van der Waals surface area contributed by atoms with E-state index in [9.17, 15) is 0 Å². The predicted octanol–water partition coefficient (Wildman–Crippen LogP) is 7.12. The van der Waals surface area contributed by atoms with Crippen molar-refractivity contribution in [2.75, 3.05) is 7.11 Å². The van der Waals surface area contributed by atoms with E-state index >= 15 is 0 Å². The van der Waals surface area contributed by atoms with Crippen LogP contribution in [-0.4, -0.2) is 15.0 Å². The molecular weight excluding hydrogens is 428 g/mol. The van der Waals surface area contributed by atoms with Gasteiger partial charge in [0.25, 0.3) is 0 Å². The van der Waals surface area contributed by atoms with Crippen LogP contribution in [0.2, 0.25) is 0 Å². The molecule has 13 heteroatoms.